The van der Waals surface area contributed by atoms with Crippen molar-refractivity contribution in [2.75, 3.05) is 14.2 Å². The molecule has 0 saturated carbocycles. The van der Waals surface area contributed by atoms with E-state index in [9.17, 15) is 9.90 Å². The van der Waals surface area contributed by atoms with Gasteiger partial charge in [0.2, 0.25) is 5.16 Å². The van der Waals surface area contributed by atoms with Crippen molar-refractivity contribution in [2.45, 2.75) is 5.16 Å². The molecular formula is C18H15N4O4S-. The molecular weight excluding hydrogens is 368 g/mol. The van der Waals surface area contributed by atoms with Crippen molar-refractivity contribution >= 4 is 23.8 Å². The Morgan fingerprint density at radius 2 is 1.81 bits per heavy atom. The summed E-state index contributed by atoms with van der Waals surface area (Å²) in [5.74, 6) is 0.341. The summed E-state index contributed by atoms with van der Waals surface area (Å²) < 4.78 is 10.5. The van der Waals surface area contributed by atoms with Crippen LogP contribution in [0.15, 0.2) is 52.8 Å². The molecule has 0 spiro atoms. The number of nitrogens with one attached hydrogen (secondary N) is 1. The van der Waals surface area contributed by atoms with E-state index in [4.69, 9.17) is 9.47 Å². The van der Waals surface area contributed by atoms with Gasteiger partial charge in [0.1, 0.15) is 11.5 Å². The van der Waals surface area contributed by atoms with E-state index in [-0.39, 0.29) is 10.1 Å². The molecule has 0 saturated heterocycles. The maximum Gasteiger partial charge on any atom is 0.213 e. The Morgan fingerprint density at radius 1 is 1.15 bits per heavy atom. The molecule has 0 amide bonds. The molecule has 0 aliphatic rings. The molecule has 1 aromatic carbocycles. The van der Waals surface area contributed by atoms with Gasteiger partial charge in [-0.05, 0) is 47.7 Å². The molecule has 0 radical (unpaired) electrons. The van der Waals surface area contributed by atoms with Crippen LogP contribution in [0.5, 0.6) is 11.5 Å². The lowest BCUT2D eigenvalue weighted by Gasteiger charge is -2.06. The highest BCUT2D eigenvalue weighted by Gasteiger charge is 2.12. The predicted octanol–water partition coefficient (Wildman–Crippen LogP) is 1.77. The SMILES string of the molecule is COc1cc(OC)cc(-c2nc(S/C(=C/c3ccncc3)C(=O)[O-])n[nH]2)c1. The minimum atomic E-state index is -1.31. The van der Waals surface area contributed by atoms with Crippen LogP contribution >= 0.6 is 11.8 Å². The smallest absolute Gasteiger partial charge is 0.213 e. The third-order valence-electron chi connectivity index (χ3n) is 3.50. The first-order valence-electron chi connectivity index (χ1n) is 7.76. The number of aromatic amines is 1. The Bertz CT molecular complexity index is 950. The number of hydrogen-bond acceptors (Lipinski definition) is 8. The van der Waals surface area contributed by atoms with Gasteiger partial charge >= 0.3 is 0 Å². The van der Waals surface area contributed by atoms with Gasteiger partial charge < -0.3 is 19.4 Å². The van der Waals surface area contributed by atoms with Gasteiger partial charge in [0.25, 0.3) is 0 Å². The number of hydrogen-bond donors (Lipinski definition) is 1. The Balaban J connectivity index is 1.87. The minimum Gasteiger partial charge on any atom is -0.544 e. The second-order valence-corrected chi connectivity index (χ2v) is 6.26. The average molecular weight is 383 g/mol. The number of nitrogens with zero attached hydrogens (tertiary/aromatic N) is 3. The van der Waals surface area contributed by atoms with Gasteiger partial charge in [-0.1, -0.05) is 0 Å². The molecule has 1 N–H and O–H groups in total. The standard InChI is InChI=1S/C18H16N4O4S/c1-25-13-8-12(9-14(10-13)26-2)16-20-18(22-21-16)27-15(17(23)24)7-11-3-5-19-6-4-11/h3-10H,1-2H3,(H,23,24)(H,20,21,22)/p-1/b15-7+. The Kier molecular flexibility index (Phi) is 5.72. The molecule has 0 fully saturated rings. The second kappa shape index (κ2) is 8.37. The molecule has 8 nitrogen and oxygen atoms in total. The number of aliphatic carboxylic acids is 1. The van der Waals surface area contributed by atoms with Crippen molar-refractivity contribution in [3.8, 4) is 22.9 Å². The maximum absolute atomic E-state index is 11.4. The first-order valence-corrected chi connectivity index (χ1v) is 8.57. The molecule has 0 bridgehead atoms. The molecule has 0 unspecified atom stereocenters. The molecule has 9 heteroatoms. The highest BCUT2D eigenvalue weighted by molar-refractivity contribution is 8.04. The summed E-state index contributed by atoms with van der Waals surface area (Å²) in [6.45, 7) is 0. The summed E-state index contributed by atoms with van der Waals surface area (Å²) in [5, 5.41) is 18.5. The fourth-order valence-corrected chi connectivity index (χ4v) is 2.91. The molecule has 0 atom stereocenters. The Morgan fingerprint density at radius 3 is 2.41 bits per heavy atom. The Labute approximate surface area is 159 Å². The molecule has 138 valence electrons. The fourth-order valence-electron chi connectivity index (χ4n) is 2.20. The van der Waals surface area contributed by atoms with E-state index in [1.807, 2.05) is 0 Å². The lowest BCUT2D eigenvalue weighted by Crippen LogP contribution is -2.23. The zero-order valence-electron chi connectivity index (χ0n) is 14.5. The summed E-state index contributed by atoms with van der Waals surface area (Å²) in [7, 11) is 3.10. The number of carboxylic acids is 1. The van der Waals surface area contributed by atoms with Crippen LogP contribution in [0.25, 0.3) is 17.5 Å². The number of carbonyl (C=O) groups excluding carboxylic acids is 1. The molecule has 2 heterocycles. The quantitative estimate of drug-likeness (QED) is 0.485. The lowest BCUT2D eigenvalue weighted by molar-refractivity contribution is -0.297. The number of thioether (sulfide) groups is 1. The number of carbonyl (C=O) groups is 1. The van der Waals surface area contributed by atoms with Crippen molar-refractivity contribution in [3.05, 3.63) is 53.2 Å². The highest BCUT2D eigenvalue weighted by atomic mass is 32.2. The van der Waals surface area contributed by atoms with E-state index in [1.54, 1.807) is 56.9 Å². The summed E-state index contributed by atoms with van der Waals surface area (Å²) in [6.07, 6.45) is 4.63. The molecule has 3 rings (SSSR count). The summed E-state index contributed by atoms with van der Waals surface area (Å²) in [5.41, 5.74) is 1.38. The van der Waals surface area contributed by atoms with Gasteiger partial charge in [-0.25, -0.2) is 4.98 Å². The van der Waals surface area contributed by atoms with Gasteiger partial charge in [0.15, 0.2) is 5.82 Å². The van der Waals surface area contributed by atoms with Crippen LogP contribution in [0.1, 0.15) is 5.56 Å². The molecule has 0 aliphatic heterocycles. The average Bonchev–Trinajstić information content (AvgIpc) is 3.16. The van der Waals surface area contributed by atoms with Crippen molar-refractivity contribution in [1.82, 2.24) is 20.2 Å². The predicted molar refractivity (Wildman–Crippen MR) is 98.0 cm³/mol. The van der Waals surface area contributed by atoms with Crippen LogP contribution in [0, 0.1) is 0 Å². The van der Waals surface area contributed by atoms with E-state index in [0.717, 1.165) is 11.8 Å². The van der Waals surface area contributed by atoms with Crippen LogP contribution in [0.4, 0.5) is 0 Å². The van der Waals surface area contributed by atoms with Crippen LogP contribution in [-0.4, -0.2) is 40.4 Å². The molecule has 0 aliphatic carbocycles. The first kappa shape index (κ1) is 18.5. The highest BCUT2D eigenvalue weighted by Crippen LogP contribution is 2.30. The van der Waals surface area contributed by atoms with Crippen LogP contribution in [0.3, 0.4) is 0 Å². The third-order valence-corrected chi connectivity index (χ3v) is 4.37. The van der Waals surface area contributed by atoms with Crippen molar-refractivity contribution in [1.29, 1.82) is 0 Å². The zero-order chi connectivity index (χ0) is 19.2. The number of benzene rings is 1. The lowest BCUT2D eigenvalue weighted by atomic mass is 10.2. The number of ether oxygens (including phenoxy) is 2. The van der Waals surface area contributed by atoms with Gasteiger partial charge in [0, 0.05) is 28.9 Å². The summed E-state index contributed by atoms with van der Waals surface area (Å²) >= 11 is 0.890. The number of rotatable bonds is 7. The number of carboxylic acid groups (broad SMARTS) is 1. The van der Waals surface area contributed by atoms with Crippen LogP contribution < -0.4 is 14.6 Å². The van der Waals surface area contributed by atoms with Crippen molar-refractivity contribution in [3.63, 3.8) is 0 Å². The first-order chi connectivity index (χ1) is 13.1. The third kappa shape index (κ3) is 4.64. The molecule has 3 aromatic rings. The van der Waals surface area contributed by atoms with Gasteiger partial charge in [-0.3, -0.25) is 10.1 Å². The van der Waals surface area contributed by atoms with E-state index >= 15 is 0 Å². The Hall–Kier alpha value is -3.33. The van der Waals surface area contributed by atoms with E-state index in [0.29, 0.717) is 28.5 Å². The van der Waals surface area contributed by atoms with Gasteiger partial charge in [0.05, 0.1) is 20.2 Å². The monoisotopic (exact) mass is 383 g/mol. The molecule has 2 aromatic heterocycles. The van der Waals surface area contributed by atoms with Crippen LogP contribution in [0.2, 0.25) is 0 Å². The van der Waals surface area contributed by atoms with E-state index in [2.05, 4.69) is 20.2 Å². The van der Waals surface area contributed by atoms with Crippen molar-refractivity contribution < 1.29 is 19.4 Å². The zero-order valence-corrected chi connectivity index (χ0v) is 15.3. The van der Waals surface area contributed by atoms with Gasteiger partial charge in [-0.15, -0.1) is 5.10 Å². The minimum absolute atomic E-state index is 0.0185. The fraction of sp³-hybridized carbons (Fsp3) is 0.111. The topological polar surface area (TPSA) is 113 Å². The summed E-state index contributed by atoms with van der Waals surface area (Å²) in [6, 6.07) is 8.65. The number of methoxy groups -OCH3 is 2. The normalized spacial score (nSPS) is 11.3. The summed E-state index contributed by atoms with van der Waals surface area (Å²) in [4.78, 5) is 19.7. The molecule has 27 heavy (non-hydrogen) atoms. The largest absolute Gasteiger partial charge is 0.544 e. The van der Waals surface area contributed by atoms with E-state index < -0.39 is 5.97 Å². The number of pyridine rings is 1. The van der Waals surface area contributed by atoms with Crippen molar-refractivity contribution in [2.24, 2.45) is 0 Å². The van der Waals surface area contributed by atoms with Gasteiger partial charge in [-0.2, -0.15) is 0 Å². The number of H-pyrrole nitrogens is 1. The number of aromatic nitrogens is 4. The van der Waals surface area contributed by atoms with E-state index in [1.165, 1.54) is 6.08 Å². The maximum atomic E-state index is 11.4. The van der Waals surface area contributed by atoms with Crippen LogP contribution in [-0.2, 0) is 4.79 Å². The second-order valence-electron chi connectivity index (χ2n) is 5.25.